The van der Waals surface area contributed by atoms with Crippen molar-refractivity contribution in [1.82, 2.24) is 16.0 Å². The Morgan fingerprint density at radius 2 is 1.81 bits per heavy atom. The van der Waals surface area contributed by atoms with Crippen LogP contribution in [-0.4, -0.2) is 32.2 Å². The maximum atomic E-state index is 11.2. The van der Waals surface area contributed by atoms with E-state index in [0.29, 0.717) is 13.1 Å². The third-order valence-electron chi connectivity index (χ3n) is 2.38. The van der Waals surface area contributed by atoms with Crippen LogP contribution in [0.4, 0.5) is 4.79 Å². The molecule has 0 aliphatic heterocycles. The van der Waals surface area contributed by atoms with Gasteiger partial charge in [0.05, 0.1) is 0 Å². The molecule has 0 aromatic carbocycles. The molecule has 0 rings (SSSR count). The highest BCUT2D eigenvalue weighted by molar-refractivity contribution is 5.73. The molecule has 0 unspecified atom stereocenters. The van der Waals surface area contributed by atoms with Crippen LogP contribution < -0.4 is 16.0 Å². The molecular formula is C12H27N3O. The summed E-state index contributed by atoms with van der Waals surface area (Å²) in [5.74, 6) is 0. The number of amides is 2. The van der Waals surface area contributed by atoms with Crippen LogP contribution in [0.25, 0.3) is 0 Å². The van der Waals surface area contributed by atoms with Gasteiger partial charge in [0.15, 0.2) is 0 Å². The van der Waals surface area contributed by atoms with Crippen molar-refractivity contribution in [3.63, 3.8) is 0 Å². The van der Waals surface area contributed by atoms with Crippen LogP contribution in [-0.2, 0) is 0 Å². The van der Waals surface area contributed by atoms with Crippen LogP contribution >= 0.6 is 0 Å². The predicted molar refractivity (Wildman–Crippen MR) is 68.6 cm³/mol. The van der Waals surface area contributed by atoms with Gasteiger partial charge >= 0.3 is 6.03 Å². The van der Waals surface area contributed by atoms with Crippen molar-refractivity contribution in [3.05, 3.63) is 0 Å². The highest BCUT2D eigenvalue weighted by atomic mass is 16.2. The van der Waals surface area contributed by atoms with Gasteiger partial charge in [0, 0.05) is 19.6 Å². The van der Waals surface area contributed by atoms with Crippen LogP contribution in [0, 0.1) is 5.41 Å². The second-order valence-electron chi connectivity index (χ2n) is 4.91. The van der Waals surface area contributed by atoms with Gasteiger partial charge in [0.25, 0.3) is 0 Å². The second kappa shape index (κ2) is 8.39. The fourth-order valence-electron chi connectivity index (χ4n) is 1.33. The van der Waals surface area contributed by atoms with Gasteiger partial charge in [0.2, 0.25) is 0 Å². The number of carbonyl (C=O) groups excluding carboxylic acids is 1. The minimum atomic E-state index is -0.0795. The van der Waals surface area contributed by atoms with Crippen molar-refractivity contribution < 1.29 is 4.79 Å². The van der Waals surface area contributed by atoms with Gasteiger partial charge in [-0.2, -0.15) is 0 Å². The summed E-state index contributed by atoms with van der Waals surface area (Å²) < 4.78 is 0. The van der Waals surface area contributed by atoms with Gasteiger partial charge in [-0.3, -0.25) is 0 Å². The average Bonchev–Trinajstić information content (AvgIpc) is 2.22. The van der Waals surface area contributed by atoms with E-state index in [4.69, 9.17) is 0 Å². The molecule has 0 atom stereocenters. The number of rotatable bonds is 8. The molecule has 0 aromatic rings. The number of urea groups is 1. The summed E-state index contributed by atoms with van der Waals surface area (Å²) in [6.07, 6.45) is 2.42. The molecule has 0 fully saturated rings. The molecule has 3 N–H and O–H groups in total. The van der Waals surface area contributed by atoms with Crippen molar-refractivity contribution >= 4 is 6.03 Å². The molecule has 0 radical (unpaired) electrons. The number of nitrogens with one attached hydrogen (secondary N) is 3. The second-order valence-corrected chi connectivity index (χ2v) is 4.91. The minimum Gasteiger partial charge on any atom is -0.338 e. The smallest absolute Gasteiger partial charge is 0.314 e. The molecule has 0 saturated carbocycles. The Morgan fingerprint density at radius 1 is 1.12 bits per heavy atom. The Balaban J connectivity index is 3.64. The summed E-state index contributed by atoms with van der Waals surface area (Å²) in [5, 5.41) is 9.01. The SMILES string of the molecule is CCCCNCC(C)(C)CNC(=O)NCC. The first-order valence-electron chi connectivity index (χ1n) is 6.24. The Bertz CT molecular complexity index is 193. The summed E-state index contributed by atoms with van der Waals surface area (Å²) >= 11 is 0. The Kier molecular flexibility index (Phi) is 7.99. The maximum absolute atomic E-state index is 11.2. The van der Waals surface area contributed by atoms with Crippen LogP contribution in [0.1, 0.15) is 40.5 Å². The lowest BCUT2D eigenvalue weighted by atomic mass is 9.93. The fourth-order valence-corrected chi connectivity index (χ4v) is 1.33. The number of hydrogen-bond acceptors (Lipinski definition) is 2. The third-order valence-corrected chi connectivity index (χ3v) is 2.38. The van der Waals surface area contributed by atoms with Crippen molar-refractivity contribution in [3.8, 4) is 0 Å². The predicted octanol–water partition coefficient (Wildman–Crippen LogP) is 1.72. The lowest BCUT2D eigenvalue weighted by Crippen LogP contribution is -2.44. The first kappa shape index (κ1) is 15.2. The molecule has 0 aliphatic carbocycles. The van der Waals surface area contributed by atoms with E-state index in [1.54, 1.807) is 0 Å². The molecule has 4 nitrogen and oxygen atoms in total. The van der Waals surface area contributed by atoms with E-state index in [0.717, 1.165) is 13.1 Å². The maximum Gasteiger partial charge on any atom is 0.314 e. The average molecular weight is 229 g/mol. The summed E-state index contributed by atoms with van der Waals surface area (Å²) in [6.45, 7) is 11.7. The lowest BCUT2D eigenvalue weighted by molar-refractivity contribution is 0.233. The van der Waals surface area contributed by atoms with Crippen molar-refractivity contribution in [2.24, 2.45) is 5.41 Å². The van der Waals surface area contributed by atoms with Gasteiger partial charge in [-0.1, -0.05) is 27.2 Å². The summed E-state index contributed by atoms with van der Waals surface area (Å²) in [7, 11) is 0. The van der Waals surface area contributed by atoms with E-state index in [1.807, 2.05) is 6.92 Å². The lowest BCUT2D eigenvalue weighted by Gasteiger charge is -2.25. The monoisotopic (exact) mass is 229 g/mol. The standard InChI is InChI=1S/C12H27N3O/c1-5-7-8-13-9-12(3,4)10-15-11(16)14-6-2/h13H,5-10H2,1-4H3,(H2,14,15,16). The molecule has 0 bridgehead atoms. The number of carbonyl (C=O) groups is 1. The summed E-state index contributed by atoms with van der Waals surface area (Å²) in [5.41, 5.74) is 0.0961. The first-order valence-corrected chi connectivity index (χ1v) is 6.24. The summed E-state index contributed by atoms with van der Waals surface area (Å²) in [6, 6.07) is -0.0795. The zero-order valence-electron chi connectivity index (χ0n) is 11.2. The van der Waals surface area contributed by atoms with Crippen molar-refractivity contribution in [1.29, 1.82) is 0 Å². The number of unbranched alkanes of at least 4 members (excludes halogenated alkanes) is 1. The fraction of sp³-hybridized carbons (Fsp3) is 0.917. The zero-order chi connectivity index (χ0) is 12.4. The highest BCUT2D eigenvalue weighted by Gasteiger charge is 2.17. The third kappa shape index (κ3) is 8.53. The van der Waals surface area contributed by atoms with Crippen LogP contribution in [0.15, 0.2) is 0 Å². The quantitative estimate of drug-likeness (QED) is 0.555. The molecule has 96 valence electrons. The first-order chi connectivity index (χ1) is 7.52. The Labute approximate surface area is 99.6 Å². The summed E-state index contributed by atoms with van der Waals surface area (Å²) in [4.78, 5) is 11.2. The Hall–Kier alpha value is -0.770. The van der Waals surface area contributed by atoms with Gasteiger partial charge in [-0.05, 0) is 25.3 Å². The van der Waals surface area contributed by atoms with Gasteiger partial charge < -0.3 is 16.0 Å². The van der Waals surface area contributed by atoms with E-state index in [9.17, 15) is 4.79 Å². The molecule has 2 amide bonds. The van der Waals surface area contributed by atoms with Crippen molar-refractivity contribution in [2.45, 2.75) is 40.5 Å². The highest BCUT2D eigenvalue weighted by Crippen LogP contribution is 2.11. The largest absolute Gasteiger partial charge is 0.338 e. The molecule has 4 heteroatoms. The topological polar surface area (TPSA) is 53.2 Å². The van der Waals surface area contributed by atoms with Gasteiger partial charge in [0.1, 0.15) is 0 Å². The van der Waals surface area contributed by atoms with Crippen molar-refractivity contribution in [2.75, 3.05) is 26.2 Å². The normalized spacial score (nSPS) is 11.2. The number of hydrogen-bond donors (Lipinski definition) is 3. The zero-order valence-corrected chi connectivity index (χ0v) is 11.2. The molecule has 0 heterocycles. The minimum absolute atomic E-state index is 0.0795. The van der Waals surface area contributed by atoms with E-state index >= 15 is 0 Å². The molecule has 0 saturated heterocycles. The van der Waals surface area contributed by atoms with Gasteiger partial charge in [-0.15, -0.1) is 0 Å². The molecular weight excluding hydrogens is 202 g/mol. The van der Waals surface area contributed by atoms with Gasteiger partial charge in [-0.25, -0.2) is 4.79 Å². The van der Waals surface area contributed by atoms with E-state index in [1.165, 1.54) is 12.8 Å². The van der Waals surface area contributed by atoms with Crippen LogP contribution in [0.5, 0.6) is 0 Å². The molecule has 0 aliphatic rings. The molecule has 16 heavy (non-hydrogen) atoms. The van der Waals surface area contributed by atoms with E-state index < -0.39 is 0 Å². The Morgan fingerprint density at radius 3 is 2.38 bits per heavy atom. The van der Waals surface area contributed by atoms with Crippen LogP contribution in [0.3, 0.4) is 0 Å². The molecule has 0 spiro atoms. The van der Waals surface area contributed by atoms with Crippen LogP contribution in [0.2, 0.25) is 0 Å². The van der Waals surface area contributed by atoms with E-state index in [-0.39, 0.29) is 11.4 Å². The molecule has 0 aromatic heterocycles. The van der Waals surface area contributed by atoms with E-state index in [2.05, 4.69) is 36.7 Å².